The van der Waals surface area contributed by atoms with Gasteiger partial charge in [-0.3, -0.25) is 4.79 Å². The number of urea groups is 1. The van der Waals surface area contributed by atoms with E-state index in [2.05, 4.69) is 22.8 Å². The molecule has 0 radical (unpaired) electrons. The lowest BCUT2D eigenvalue weighted by Crippen LogP contribution is -2.37. The molecule has 1 aromatic rings. The summed E-state index contributed by atoms with van der Waals surface area (Å²) in [6.07, 6.45) is 11.1. The van der Waals surface area contributed by atoms with Gasteiger partial charge in [-0.25, -0.2) is 4.79 Å². The van der Waals surface area contributed by atoms with Crippen molar-refractivity contribution >= 4 is 17.7 Å². The Hall–Kier alpha value is -2.30. The van der Waals surface area contributed by atoms with Gasteiger partial charge >= 0.3 is 12.0 Å². The van der Waals surface area contributed by atoms with E-state index < -0.39 is 5.97 Å². The number of allylic oxidation sites excluding steroid dienone is 2. The summed E-state index contributed by atoms with van der Waals surface area (Å²) < 4.78 is 0. The van der Waals surface area contributed by atoms with Crippen LogP contribution in [-0.4, -0.2) is 23.7 Å². The summed E-state index contributed by atoms with van der Waals surface area (Å²) in [4.78, 5) is 22.7. The standard InChI is InChI=1S/C22H30N2O3/c25-21(26)11-7-2-1-6-10-19-16-12-13-17(14-16)20(19)15-23-22(27)24-18-8-4-3-5-9-18/h1,3-6,8-9,16-17,19-20H,2,7,10-15H2,(H,25,26)(H2,23,24,27). The second kappa shape index (κ2) is 9.58. The lowest BCUT2D eigenvalue weighted by Gasteiger charge is -2.30. The van der Waals surface area contributed by atoms with Crippen molar-refractivity contribution < 1.29 is 14.7 Å². The van der Waals surface area contributed by atoms with Gasteiger partial charge in [-0.1, -0.05) is 30.4 Å². The second-order valence-electron chi connectivity index (χ2n) is 7.86. The molecular formula is C22H30N2O3. The van der Waals surface area contributed by atoms with E-state index in [4.69, 9.17) is 5.11 Å². The normalized spacial score (nSPS) is 26.4. The van der Waals surface area contributed by atoms with Crippen molar-refractivity contribution in [1.29, 1.82) is 0 Å². The molecule has 0 spiro atoms. The van der Waals surface area contributed by atoms with Crippen LogP contribution in [0.5, 0.6) is 0 Å². The molecule has 2 fully saturated rings. The second-order valence-corrected chi connectivity index (χ2v) is 7.86. The summed E-state index contributed by atoms with van der Waals surface area (Å²) in [6.45, 7) is 0.733. The number of aliphatic carboxylic acids is 1. The highest BCUT2D eigenvalue weighted by molar-refractivity contribution is 5.89. The number of anilines is 1. The Morgan fingerprint density at radius 1 is 1.07 bits per heavy atom. The maximum atomic E-state index is 12.2. The topological polar surface area (TPSA) is 78.4 Å². The first-order chi connectivity index (χ1) is 13.1. The molecule has 2 amide bonds. The maximum Gasteiger partial charge on any atom is 0.319 e. The lowest BCUT2D eigenvalue weighted by molar-refractivity contribution is -0.137. The summed E-state index contributed by atoms with van der Waals surface area (Å²) in [7, 11) is 0. The van der Waals surface area contributed by atoms with Crippen molar-refractivity contribution in [3.63, 3.8) is 0 Å². The zero-order chi connectivity index (χ0) is 19.1. The van der Waals surface area contributed by atoms with Crippen LogP contribution in [0.25, 0.3) is 0 Å². The van der Waals surface area contributed by atoms with Gasteiger partial charge in [0, 0.05) is 18.7 Å². The number of nitrogens with one attached hydrogen (secondary N) is 2. The first-order valence-electron chi connectivity index (χ1n) is 10.1. The molecule has 2 aliphatic carbocycles. The van der Waals surface area contributed by atoms with E-state index in [-0.39, 0.29) is 12.5 Å². The minimum absolute atomic E-state index is 0.132. The van der Waals surface area contributed by atoms with Crippen LogP contribution in [-0.2, 0) is 4.79 Å². The number of para-hydroxylation sites is 1. The van der Waals surface area contributed by atoms with Gasteiger partial charge in [0.2, 0.25) is 0 Å². The van der Waals surface area contributed by atoms with Crippen molar-refractivity contribution in [2.75, 3.05) is 11.9 Å². The van der Waals surface area contributed by atoms with Crippen molar-refractivity contribution in [3.05, 3.63) is 42.5 Å². The largest absolute Gasteiger partial charge is 0.481 e. The maximum absolute atomic E-state index is 12.2. The highest BCUT2D eigenvalue weighted by atomic mass is 16.4. The number of carbonyl (C=O) groups is 2. The van der Waals surface area contributed by atoms with Crippen molar-refractivity contribution in [1.82, 2.24) is 5.32 Å². The molecule has 4 unspecified atom stereocenters. The fraction of sp³-hybridized carbons (Fsp3) is 0.545. The molecule has 5 nitrogen and oxygen atoms in total. The molecule has 0 heterocycles. The molecule has 2 bridgehead atoms. The van der Waals surface area contributed by atoms with Crippen molar-refractivity contribution in [3.8, 4) is 0 Å². The molecule has 0 saturated heterocycles. The highest BCUT2D eigenvalue weighted by Crippen LogP contribution is 2.53. The number of unbranched alkanes of at least 4 members (excludes halogenated alkanes) is 1. The Balaban J connectivity index is 1.44. The van der Waals surface area contributed by atoms with Gasteiger partial charge in [0.15, 0.2) is 0 Å². The Morgan fingerprint density at radius 3 is 2.56 bits per heavy atom. The Morgan fingerprint density at radius 2 is 1.81 bits per heavy atom. The number of amides is 2. The van der Waals surface area contributed by atoms with Crippen molar-refractivity contribution in [2.45, 2.75) is 44.9 Å². The number of carboxylic acid groups (broad SMARTS) is 1. The summed E-state index contributed by atoms with van der Waals surface area (Å²) >= 11 is 0. The Labute approximate surface area is 161 Å². The van der Waals surface area contributed by atoms with Gasteiger partial charge < -0.3 is 15.7 Å². The average Bonchev–Trinajstić information content (AvgIpc) is 3.25. The number of rotatable bonds is 9. The number of hydrogen-bond donors (Lipinski definition) is 3. The van der Waals surface area contributed by atoms with E-state index in [1.807, 2.05) is 30.3 Å². The third kappa shape index (κ3) is 5.59. The van der Waals surface area contributed by atoms with Gasteiger partial charge in [-0.15, -0.1) is 0 Å². The molecule has 0 aromatic heterocycles. The van der Waals surface area contributed by atoms with Crippen LogP contribution in [0.2, 0.25) is 0 Å². The van der Waals surface area contributed by atoms with E-state index in [1.165, 1.54) is 19.3 Å². The van der Waals surface area contributed by atoms with Crippen LogP contribution in [0.4, 0.5) is 10.5 Å². The molecule has 146 valence electrons. The minimum Gasteiger partial charge on any atom is -0.481 e. The van der Waals surface area contributed by atoms with E-state index in [0.717, 1.165) is 36.9 Å². The molecule has 2 saturated carbocycles. The predicted octanol–water partition coefficient (Wildman–Crippen LogP) is 4.67. The van der Waals surface area contributed by atoms with Gasteiger partial charge in [0.1, 0.15) is 0 Å². The third-order valence-corrected chi connectivity index (χ3v) is 6.14. The van der Waals surface area contributed by atoms with E-state index in [9.17, 15) is 9.59 Å². The average molecular weight is 370 g/mol. The lowest BCUT2D eigenvalue weighted by atomic mass is 9.77. The zero-order valence-electron chi connectivity index (χ0n) is 15.8. The number of carbonyl (C=O) groups excluding carboxylic acids is 1. The van der Waals surface area contributed by atoms with E-state index in [1.54, 1.807) is 0 Å². The van der Waals surface area contributed by atoms with Crippen molar-refractivity contribution in [2.24, 2.45) is 23.7 Å². The number of fused-ring (bicyclic) bond motifs is 2. The number of carboxylic acids is 1. The van der Waals surface area contributed by atoms with Crippen LogP contribution in [0.15, 0.2) is 42.5 Å². The Bertz CT molecular complexity index is 659. The third-order valence-electron chi connectivity index (χ3n) is 6.14. The summed E-state index contributed by atoms with van der Waals surface area (Å²) in [5.74, 6) is 1.97. The number of hydrogen-bond acceptors (Lipinski definition) is 2. The molecular weight excluding hydrogens is 340 g/mol. The quantitative estimate of drug-likeness (QED) is 0.436. The van der Waals surface area contributed by atoms with E-state index >= 15 is 0 Å². The minimum atomic E-state index is -0.726. The fourth-order valence-corrected chi connectivity index (χ4v) is 4.86. The SMILES string of the molecule is O=C(O)CCCC=CCC1C2CCC(C2)C1CNC(=O)Nc1ccccc1. The van der Waals surface area contributed by atoms with Gasteiger partial charge in [-0.05, 0) is 74.3 Å². The monoisotopic (exact) mass is 370 g/mol. The predicted molar refractivity (Wildman–Crippen MR) is 107 cm³/mol. The first-order valence-corrected chi connectivity index (χ1v) is 10.1. The summed E-state index contributed by atoms with van der Waals surface area (Å²) in [5.41, 5.74) is 0.809. The van der Waals surface area contributed by atoms with Gasteiger partial charge in [-0.2, -0.15) is 0 Å². The zero-order valence-corrected chi connectivity index (χ0v) is 15.8. The van der Waals surface area contributed by atoms with Crippen LogP contribution in [0, 0.1) is 23.7 Å². The summed E-state index contributed by atoms with van der Waals surface area (Å²) in [6, 6.07) is 9.38. The first kappa shape index (κ1) is 19.5. The molecule has 2 aliphatic rings. The molecule has 1 aromatic carbocycles. The molecule has 3 rings (SSSR count). The number of benzene rings is 1. The highest BCUT2D eigenvalue weighted by Gasteiger charge is 2.46. The fourth-order valence-electron chi connectivity index (χ4n) is 4.86. The van der Waals surface area contributed by atoms with Gasteiger partial charge in [0.25, 0.3) is 0 Å². The molecule has 4 atom stereocenters. The van der Waals surface area contributed by atoms with Crippen LogP contribution >= 0.6 is 0 Å². The molecule has 5 heteroatoms. The Kier molecular flexibility index (Phi) is 6.91. The molecule has 3 N–H and O–H groups in total. The van der Waals surface area contributed by atoms with Crippen LogP contribution < -0.4 is 10.6 Å². The molecule has 27 heavy (non-hydrogen) atoms. The van der Waals surface area contributed by atoms with Crippen LogP contribution in [0.1, 0.15) is 44.9 Å². The summed E-state index contributed by atoms with van der Waals surface area (Å²) in [5, 5.41) is 14.6. The molecule has 0 aliphatic heterocycles. The smallest absolute Gasteiger partial charge is 0.319 e. The van der Waals surface area contributed by atoms with Gasteiger partial charge in [0.05, 0.1) is 0 Å². The van der Waals surface area contributed by atoms with Crippen LogP contribution in [0.3, 0.4) is 0 Å². The van der Waals surface area contributed by atoms with E-state index in [0.29, 0.717) is 18.3 Å².